The van der Waals surface area contributed by atoms with Crippen molar-refractivity contribution in [3.8, 4) is 50.8 Å². The zero-order chi connectivity index (χ0) is 50.3. The third-order valence-corrected chi connectivity index (χ3v) is 15.9. The largest absolute Gasteiger partial charge is 0.457 e. The molecule has 0 fully saturated rings. The van der Waals surface area contributed by atoms with Crippen molar-refractivity contribution in [3.63, 3.8) is 0 Å². The molecule has 0 N–H and O–H groups in total. The Bertz CT molecular complexity index is 4280. The quantitative estimate of drug-likeness (QED) is 0.144. The molecule has 15 rings (SSSR count). The van der Waals surface area contributed by atoms with E-state index in [1.54, 1.807) is 0 Å². The van der Waals surface area contributed by atoms with Crippen molar-refractivity contribution in [2.45, 2.75) is 5.41 Å². The number of benzene rings is 11. The summed E-state index contributed by atoms with van der Waals surface area (Å²) >= 11 is 0. The van der Waals surface area contributed by atoms with E-state index in [1.807, 2.05) is 6.07 Å². The summed E-state index contributed by atoms with van der Waals surface area (Å²) in [6.45, 7) is 0.571. The molecule has 3 heterocycles. The van der Waals surface area contributed by atoms with Gasteiger partial charge in [-0.1, -0.05) is 188 Å². The lowest BCUT2D eigenvalue weighted by Gasteiger charge is -2.36. The second-order valence-electron chi connectivity index (χ2n) is 19.9. The van der Waals surface area contributed by atoms with Crippen LogP contribution in [0.15, 0.2) is 267 Å². The number of rotatable bonds is 9. The predicted molar refractivity (Wildman–Crippen MR) is 312 cm³/mol. The lowest BCUT2D eigenvalue weighted by atomic mass is 9.66. The van der Waals surface area contributed by atoms with Crippen LogP contribution in [0.5, 0.6) is 11.5 Å². The summed E-state index contributed by atoms with van der Waals surface area (Å²) in [7, 11) is 2.09. The van der Waals surface area contributed by atoms with Crippen LogP contribution in [-0.2, 0) is 12.5 Å². The monoisotopic (exact) mass is 975 g/mol. The standard InChI is InChI=1S/C70H49N5O/c1-72-64-37-18-16-35-62(64)71-69(72)75-63-36-17-13-32-56(63)57-41-40-53(45-67(57)75)76-52-29-21-28-51(44-52)73-46-74(66-39-20-19-38-65(66)73)68-58(47-22-5-2-6-23-47)42-50(43-59(68)48-24-7-3-8-25-48)70(49-26-9-4-10-27-49)60-33-14-11-30-54(60)55-31-12-15-34-61(55)70/h2-45H,46H2,1H3. The van der Waals surface area contributed by atoms with Gasteiger partial charge in [-0.25, -0.2) is 4.98 Å². The smallest absolute Gasteiger partial charge is 0.215 e. The van der Waals surface area contributed by atoms with Gasteiger partial charge in [-0.2, -0.15) is 0 Å². The van der Waals surface area contributed by atoms with Gasteiger partial charge in [0.05, 0.1) is 44.5 Å². The number of aryl methyl sites for hydroxylation is 1. The zero-order valence-electron chi connectivity index (χ0n) is 41.8. The number of fused-ring (bicyclic) bond motifs is 8. The van der Waals surface area contributed by atoms with Crippen molar-refractivity contribution in [2.24, 2.45) is 7.05 Å². The van der Waals surface area contributed by atoms with Crippen LogP contribution in [0.4, 0.5) is 22.7 Å². The molecule has 0 saturated carbocycles. The molecule has 0 saturated heterocycles. The van der Waals surface area contributed by atoms with Gasteiger partial charge in [0, 0.05) is 46.8 Å². The van der Waals surface area contributed by atoms with Gasteiger partial charge in [-0.05, 0) is 111 Å². The van der Waals surface area contributed by atoms with Crippen LogP contribution in [0.25, 0.3) is 72.2 Å². The molecule has 0 amide bonds. The molecule has 0 radical (unpaired) electrons. The number of ether oxygens (including phenoxy) is 1. The highest BCUT2D eigenvalue weighted by Crippen LogP contribution is 2.59. The summed E-state index contributed by atoms with van der Waals surface area (Å²) in [6, 6.07) is 96.6. The Labute approximate surface area is 441 Å². The fourth-order valence-corrected chi connectivity index (χ4v) is 12.6. The van der Waals surface area contributed by atoms with Crippen molar-refractivity contribution in [2.75, 3.05) is 16.5 Å². The zero-order valence-corrected chi connectivity index (χ0v) is 41.8. The highest BCUT2D eigenvalue weighted by Gasteiger charge is 2.47. The lowest BCUT2D eigenvalue weighted by Crippen LogP contribution is -2.29. The van der Waals surface area contributed by atoms with Crippen molar-refractivity contribution in [1.29, 1.82) is 0 Å². The molecular weight excluding hydrogens is 927 g/mol. The van der Waals surface area contributed by atoms with E-state index in [0.29, 0.717) is 6.67 Å². The predicted octanol–water partition coefficient (Wildman–Crippen LogP) is 17.4. The Kier molecular flexibility index (Phi) is 9.97. The number of nitrogens with zero attached hydrogens (tertiary/aromatic N) is 5. The summed E-state index contributed by atoms with van der Waals surface area (Å²) < 4.78 is 11.3. The first-order valence-corrected chi connectivity index (χ1v) is 26.0. The van der Waals surface area contributed by atoms with Gasteiger partial charge in [-0.15, -0.1) is 0 Å². The average molecular weight is 976 g/mol. The summed E-state index contributed by atoms with van der Waals surface area (Å²) in [4.78, 5) is 10.1. The van der Waals surface area contributed by atoms with Crippen LogP contribution in [0.1, 0.15) is 22.3 Å². The van der Waals surface area contributed by atoms with E-state index in [-0.39, 0.29) is 0 Å². The van der Waals surface area contributed by atoms with Crippen molar-refractivity contribution < 1.29 is 4.74 Å². The average Bonchev–Trinajstić information content (AvgIpc) is 4.38. The van der Waals surface area contributed by atoms with Crippen molar-refractivity contribution in [3.05, 3.63) is 289 Å². The molecule has 1 aliphatic heterocycles. The van der Waals surface area contributed by atoms with Gasteiger partial charge >= 0.3 is 0 Å². The minimum atomic E-state index is -0.594. The van der Waals surface area contributed by atoms with E-state index in [0.717, 1.165) is 89.9 Å². The third-order valence-electron chi connectivity index (χ3n) is 15.9. The first kappa shape index (κ1) is 43.7. The molecule has 0 bridgehead atoms. The van der Waals surface area contributed by atoms with E-state index in [2.05, 4.69) is 287 Å². The fraction of sp³-hybridized carbons (Fsp3) is 0.0429. The van der Waals surface area contributed by atoms with Crippen molar-refractivity contribution in [1.82, 2.24) is 14.1 Å². The Morgan fingerprint density at radius 1 is 0.408 bits per heavy atom. The van der Waals surface area contributed by atoms with E-state index < -0.39 is 5.41 Å². The molecular formula is C70H49N5O. The fourth-order valence-electron chi connectivity index (χ4n) is 12.6. The number of imidazole rings is 1. The second-order valence-corrected chi connectivity index (χ2v) is 19.9. The molecule has 6 nitrogen and oxygen atoms in total. The third kappa shape index (κ3) is 6.63. The Balaban J connectivity index is 0.875. The van der Waals surface area contributed by atoms with Crippen LogP contribution in [0.3, 0.4) is 0 Å². The molecule has 6 heteroatoms. The van der Waals surface area contributed by atoms with Gasteiger partial charge < -0.3 is 19.1 Å². The SMILES string of the molecule is Cn1c(-n2c3ccccc3c3ccc(Oc4cccc(N5CN(c6c(-c7ccccc7)cc(C7(c8ccccc8)c8ccccc8-c8ccccc87)cc6-c6ccccc6)c6ccccc65)c4)cc32)nc2ccccc21. The maximum Gasteiger partial charge on any atom is 0.215 e. The summed E-state index contributed by atoms with van der Waals surface area (Å²) in [5.41, 5.74) is 20.2. The minimum absolute atomic E-state index is 0.571. The topological polar surface area (TPSA) is 38.5 Å². The molecule has 76 heavy (non-hydrogen) atoms. The first-order chi connectivity index (χ1) is 37.6. The van der Waals surface area contributed by atoms with E-state index >= 15 is 0 Å². The summed E-state index contributed by atoms with van der Waals surface area (Å²) in [5, 5.41) is 2.31. The molecule has 1 aliphatic carbocycles. The summed E-state index contributed by atoms with van der Waals surface area (Å²) in [5.74, 6) is 2.35. The minimum Gasteiger partial charge on any atom is -0.457 e. The van der Waals surface area contributed by atoms with E-state index in [4.69, 9.17) is 9.72 Å². The Hall–Kier alpha value is -9.91. The molecule has 360 valence electrons. The number of hydrogen-bond donors (Lipinski definition) is 0. The van der Waals surface area contributed by atoms with Gasteiger partial charge in [-0.3, -0.25) is 4.57 Å². The second kappa shape index (κ2) is 17.4. The van der Waals surface area contributed by atoms with Crippen LogP contribution in [0, 0.1) is 0 Å². The van der Waals surface area contributed by atoms with Gasteiger partial charge in [0.15, 0.2) is 0 Å². The molecule has 13 aromatic rings. The van der Waals surface area contributed by atoms with Gasteiger partial charge in [0.25, 0.3) is 0 Å². The number of anilines is 4. The molecule has 0 unspecified atom stereocenters. The highest BCUT2D eigenvalue weighted by molar-refractivity contribution is 6.09. The highest BCUT2D eigenvalue weighted by atomic mass is 16.5. The summed E-state index contributed by atoms with van der Waals surface area (Å²) in [6.07, 6.45) is 0. The molecule has 11 aromatic carbocycles. The number of aromatic nitrogens is 3. The Morgan fingerprint density at radius 3 is 1.64 bits per heavy atom. The first-order valence-electron chi connectivity index (χ1n) is 26.0. The van der Waals surface area contributed by atoms with Crippen LogP contribution in [-0.4, -0.2) is 20.8 Å². The number of hydrogen-bond acceptors (Lipinski definition) is 4. The normalized spacial score (nSPS) is 13.3. The van der Waals surface area contributed by atoms with E-state index in [1.165, 1.54) is 38.8 Å². The lowest BCUT2D eigenvalue weighted by molar-refractivity contribution is 0.483. The molecule has 0 spiro atoms. The van der Waals surface area contributed by atoms with Crippen LogP contribution < -0.4 is 14.5 Å². The van der Waals surface area contributed by atoms with E-state index in [9.17, 15) is 0 Å². The Morgan fingerprint density at radius 2 is 0.961 bits per heavy atom. The van der Waals surface area contributed by atoms with Crippen molar-refractivity contribution >= 4 is 55.6 Å². The van der Waals surface area contributed by atoms with Gasteiger partial charge in [0.1, 0.15) is 18.2 Å². The maximum atomic E-state index is 6.89. The molecule has 2 aliphatic rings. The maximum absolute atomic E-state index is 6.89. The van der Waals surface area contributed by atoms with Crippen LogP contribution >= 0.6 is 0 Å². The van der Waals surface area contributed by atoms with Gasteiger partial charge in [0.2, 0.25) is 5.95 Å². The van der Waals surface area contributed by atoms with Crippen LogP contribution in [0.2, 0.25) is 0 Å². The molecule has 0 atom stereocenters. The number of para-hydroxylation sites is 5. The molecule has 2 aromatic heterocycles.